The van der Waals surface area contributed by atoms with Crippen LogP contribution < -0.4 is 5.73 Å². The molecule has 6 nitrogen and oxygen atoms in total. The van der Waals surface area contributed by atoms with Crippen molar-refractivity contribution < 1.29 is 0 Å². The molecule has 7 heteroatoms. The molecular formula is C10H15BrN6. The highest BCUT2D eigenvalue weighted by Crippen LogP contribution is 2.19. The fourth-order valence-corrected chi connectivity index (χ4v) is 1.92. The Bertz CT molecular complexity index is 515. The van der Waals surface area contributed by atoms with Crippen LogP contribution in [0.15, 0.2) is 10.7 Å². The SMILES string of the molecule is Cc1nn(CCn2cc(CN)nn2)c(C)c1Br. The molecule has 0 atom stereocenters. The van der Waals surface area contributed by atoms with Gasteiger partial charge >= 0.3 is 0 Å². The number of rotatable bonds is 4. The summed E-state index contributed by atoms with van der Waals surface area (Å²) in [6.07, 6.45) is 1.86. The van der Waals surface area contributed by atoms with Crippen molar-refractivity contribution in [1.82, 2.24) is 24.8 Å². The maximum Gasteiger partial charge on any atom is 0.0962 e. The van der Waals surface area contributed by atoms with Gasteiger partial charge in [-0.3, -0.25) is 9.36 Å². The zero-order valence-corrected chi connectivity index (χ0v) is 11.5. The third kappa shape index (κ3) is 2.55. The lowest BCUT2D eigenvalue weighted by Gasteiger charge is -2.03. The Morgan fingerprint density at radius 1 is 1.35 bits per heavy atom. The van der Waals surface area contributed by atoms with Crippen molar-refractivity contribution in [1.29, 1.82) is 0 Å². The smallest absolute Gasteiger partial charge is 0.0962 e. The fraction of sp³-hybridized carbons (Fsp3) is 0.500. The van der Waals surface area contributed by atoms with E-state index in [-0.39, 0.29) is 0 Å². The Kier molecular flexibility index (Phi) is 3.58. The van der Waals surface area contributed by atoms with Gasteiger partial charge in [-0.15, -0.1) is 5.10 Å². The second kappa shape index (κ2) is 4.97. The van der Waals surface area contributed by atoms with Gasteiger partial charge < -0.3 is 5.73 Å². The van der Waals surface area contributed by atoms with Crippen LogP contribution in [0, 0.1) is 13.8 Å². The highest BCUT2D eigenvalue weighted by molar-refractivity contribution is 9.10. The van der Waals surface area contributed by atoms with Gasteiger partial charge in [0.25, 0.3) is 0 Å². The van der Waals surface area contributed by atoms with Crippen LogP contribution >= 0.6 is 15.9 Å². The average molecular weight is 299 g/mol. The largest absolute Gasteiger partial charge is 0.325 e. The first-order valence-corrected chi connectivity index (χ1v) is 6.19. The molecule has 17 heavy (non-hydrogen) atoms. The van der Waals surface area contributed by atoms with Crippen LogP contribution in [-0.4, -0.2) is 24.8 Å². The first-order chi connectivity index (χ1) is 8.11. The number of halogens is 1. The zero-order valence-electron chi connectivity index (χ0n) is 9.89. The molecule has 0 fully saturated rings. The quantitative estimate of drug-likeness (QED) is 0.914. The van der Waals surface area contributed by atoms with E-state index in [1.165, 1.54) is 0 Å². The second-order valence-electron chi connectivity index (χ2n) is 3.89. The molecule has 0 spiro atoms. The van der Waals surface area contributed by atoms with Gasteiger partial charge in [-0.05, 0) is 29.8 Å². The van der Waals surface area contributed by atoms with Crippen LogP contribution in [0.4, 0.5) is 0 Å². The molecule has 92 valence electrons. The standard InChI is InChI=1S/C10H15BrN6/c1-7-10(11)8(2)17(14-7)4-3-16-6-9(5-12)13-15-16/h6H,3-5,12H2,1-2H3. The number of hydrogen-bond acceptors (Lipinski definition) is 4. The minimum atomic E-state index is 0.422. The van der Waals surface area contributed by atoms with Crippen LogP contribution in [0.25, 0.3) is 0 Å². The molecule has 0 aliphatic rings. The van der Waals surface area contributed by atoms with Gasteiger partial charge in [0.15, 0.2) is 0 Å². The highest BCUT2D eigenvalue weighted by atomic mass is 79.9. The van der Waals surface area contributed by atoms with Crippen molar-refractivity contribution in [2.24, 2.45) is 5.73 Å². The van der Waals surface area contributed by atoms with Gasteiger partial charge in [0, 0.05) is 18.4 Å². The van der Waals surface area contributed by atoms with Gasteiger partial charge in [-0.25, -0.2) is 0 Å². The van der Waals surface area contributed by atoms with Crippen LogP contribution in [0.5, 0.6) is 0 Å². The maximum absolute atomic E-state index is 5.48. The predicted molar refractivity (Wildman–Crippen MR) is 67.3 cm³/mol. The van der Waals surface area contributed by atoms with Crippen molar-refractivity contribution in [2.75, 3.05) is 0 Å². The first kappa shape index (κ1) is 12.3. The Labute approximate surface area is 108 Å². The number of nitrogens with two attached hydrogens (primary N) is 1. The third-order valence-corrected chi connectivity index (χ3v) is 3.78. The molecule has 0 bridgehead atoms. The average Bonchev–Trinajstić information content (AvgIpc) is 2.88. The Morgan fingerprint density at radius 2 is 2.12 bits per heavy atom. The van der Waals surface area contributed by atoms with Gasteiger partial charge in [-0.2, -0.15) is 5.10 Å². The summed E-state index contributed by atoms with van der Waals surface area (Å²) >= 11 is 3.51. The summed E-state index contributed by atoms with van der Waals surface area (Å²) in [6.45, 7) is 5.95. The van der Waals surface area contributed by atoms with Crippen molar-refractivity contribution >= 4 is 15.9 Å². The molecule has 2 rings (SSSR count). The topological polar surface area (TPSA) is 74.5 Å². The second-order valence-corrected chi connectivity index (χ2v) is 4.68. The molecule has 0 aliphatic carbocycles. The van der Waals surface area contributed by atoms with E-state index in [9.17, 15) is 0 Å². The van der Waals surface area contributed by atoms with Gasteiger partial charge in [0.05, 0.1) is 29.0 Å². The third-order valence-electron chi connectivity index (χ3n) is 2.63. The Morgan fingerprint density at radius 3 is 2.65 bits per heavy atom. The fourth-order valence-electron chi connectivity index (χ4n) is 1.63. The van der Waals surface area contributed by atoms with E-state index in [2.05, 4.69) is 31.3 Å². The summed E-state index contributed by atoms with van der Waals surface area (Å²) in [6, 6.07) is 0. The van der Waals surface area contributed by atoms with E-state index in [0.29, 0.717) is 6.54 Å². The van der Waals surface area contributed by atoms with E-state index in [4.69, 9.17) is 5.73 Å². The summed E-state index contributed by atoms with van der Waals surface area (Å²) in [5, 5.41) is 12.4. The molecule has 0 amide bonds. The molecule has 0 saturated carbocycles. The summed E-state index contributed by atoms with van der Waals surface area (Å²) in [4.78, 5) is 0. The molecular weight excluding hydrogens is 284 g/mol. The molecule has 0 radical (unpaired) electrons. The van der Waals surface area contributed by atoms with E-state index in [1.54, 1.807) is 4.68 Å². The number of hydrogen-bond donors (Lipinski definition) is 1. The Hall–Kier alpha value is -1.21. The summed E-state index contributed by atoms with van der Waals surface area (Å²) in [5.41, 5.74) is 8.41. The lowest BCUT2D eigenvalue weighted by Crippen LogP contribution is -2.10. The molecule has 2 N–H and O–H groups in total. The lowest BCUT2D eigenvalue weighted by atomic mass is 10.4. The number of nitrogens with zero attached hydrogens (tertiary/aromatic N) is 5. The molecule has 0 unspecified atom stereocenters. The molecule has 2 aromatic rings. The molecule has 0 aromatic carbocycles. The van der Waals surface area contributed by atoms with Gasteiger partial charge in [-0.1, -0.05) is 5.21 Å². The van der Waals surface area contributed by atoms with E-state index in [1.807, 2.05) is 24.7 Å². The van der Waals surface area contributed by atoms with E-state index >= 15 is 0 Å². The first-order valence-electron chi connectivity index (χ1n) is 5.40. The molecule has 0 saturated heterocycles. The maximum atomic E-state index is 5.48. The van der Waals surface area contributed by atoms with Crippen molar-refractivity contribution in [3.8, 4) is 0 Å². The van der Waals surface area contributed by atoms with Crippen molar-refractivity contribution in [3.63, 3.8) is 0 Å². The van der Waals surface area contributed by atoms with Crippen molar-refractivity contribution in [3.05, 3.63) is 27.8 Å². The van der Waals surface area contributed by atoms with Crippen LogP contribution in [0.1, 0.15) is 17.1 Å². The molecule has 2 heterocycles. The van der Waals surface area contributed by atoms with Crippen LogP contribution in [-0.2, 0) is 19.6 Å². The summed E-state index contributed by atoms with van der Waals surface area (Å²) in [5.74, 6) is 0. The summed E-state index contributed by atoms with van der Waals surface area (Å²) < 4.78 is 4.81. The van der Waals surface area contributed by atoms with Crippen molar-refractivity contribution in [2.45, 2.75) is 33.5 Å². The highest BCUT2D eigenvalue weighted by Gasteiger charge is 2.08. The molecule has 2 aromatic heterocycles. The Balaban J connectivity index is 2.04. The lowest BCUT2D eigenvalue weighted by molar-refractivity contribution is 0.481. The normalized spacial score (nSPS) is 11.1. The van der Waals surface area contributed by atoms with Gasteiger partial charge in [0.1, 0.15) is 0 Å². The summed E-state index contributed by atoms with van der Waals surface area (Å²) in [7, 11) is 0. The van der Waals surface area contributed by atoms with E-state index in [0.717, 1.165) is 34.6 Å². The minimum Gasteiger partial charge on any atom is -0.325 e. The van der Waals surface area contributed by atoms with Gasteiger partial charge in [0.2, 0.25) is 0 Å². The van der Waals surface area contributed by atoms with Crippen LogP contribution in [0.2, 0.25) is 0 Å². The number of aryl methyl sites for hydroxylation is 3. The van der Waals surface area contributed by atoms with Crippen LogP contribution in [0.3, 0.4) is 0 Å². The monoisotopic (exact) mass is 298 g/mol. The van der Waals surface area contributed by atoms with E-state index < -0.39 is 0 Å². The minimum absolute atomic E-state index is 0.422. The predicted octanol–water partition coefficient (Wildman–Crippen LogP) is 1.01. The number of aromatic nitrogens is 5. The molecule has 0 aliphatic heterocycles. The zero-order chi connectivity index (χ0) is 12.4.